The number of rotatable bonds is 7. The number of nitrogens with zero attached hydrogens (tertiary/aromatic N) is 2. The van der Waals surface area contributed by atoms with Crippen LogP contribution in [0.5, 0.6) is 5.75 Å². The van der Waals surface area contributed by atoms with E-state index >= 15 is 0 Å². The topological polar surface area (TPSA) is 66.9 Å². The van der Waals surface area contributed by atoms with Crippen molar-refractivity contribution in [2.24, 2.45) is 0 Å². The van der Waals surface area contributed by atoms with Gasteiger partial charge in [0.15, 0.2) is 0 Å². The molecule has 33 heavy (non-hydrogen) atoms. The van der Waals surface area contributed by atoms with E-state index in [1.54, 1.807) is 60.7 Å². The highest BCUT2D eigenvalue weighted by Crippen LogP contribution is 2.32. The van der Waals surface area contributed by atoms with Crippen molar-refractivity contribution >= 4 is 46.6 Å². The molecule has 0 bridgehead atoms. The number of para-hydroxylation sites is 2. The van der Waals surface area contributed by atoms with Gasteiger partial charge in [0.05, 0.1) is 34.0 Å². The molecule has 8 heteroatoms. The molecule has 0 saturated carbocycles. The summed E-state index contributed by atoms with van der Waals surface area (Å²) in [6, 6.07) is 18.4. The van der Waals surface area contributed by atoms with Gasteiger partial charge >= 0.3 is 0 Å². The molecule has 0 radical (unpaired) electrons. The van der Waals surface area contributed by atoms with Crippen LogP contribution in [0.1, 0.15) is 38.0 Å². The van der Waals surface area contributed by atoms with Crippen LogP contribution in [0.4, 0.5) is 5.69 Å². The molecular formula is C25H20Cl2N2O4. The molecule has 0 fully saturated rings. The molecule has 3 amide bonds. The van der Waals surface area contributed by atoms with E-state index in [4.69, 9.17) is 27.9 Å². The zero-order chi connectivity index (χ0) is 23.5. The number of carbonyl (C=O) groups is 3. The summed E-state index contributed by atoms with van der Waals surface area (Å²) in [5, 5.41) is 0.607. The van der Waals surface area contributed by atoms with Gasteiger partial charge in [-0.05, 0) is 49.4 Å². The third-order valence-corrected chi connectivity index (χ3v) is 5.84. The highest BCUT2D eigenvalue weighted by molar-refractivity contribution is 6.37. The summed E-state index contributed by atoms with van der Waals surface area (Å²) < 4.78 is 5.72. The molecule has 0 aliphatic carbocycles. The van der Waals surface area contributed by atoms with Gasteiger partial charge in [-0.1, -0.05) is 47.5 Å². The number of amides is 3. The van der Waals surface area contributed by atoms with Crippen LogP contribution in [0.2, 0.25) is 10.0 Å². The van der Waals surface area contributed by atoms with Crippen LogP contribution in [0.25, 0.3) is 0 Å². The van der Waals surface area contributed by atoms with Crippen LogP contribution in [0.3, 0.4) is 0 Å². The lowest BCUT2D eigenvalue weighted by Gasteiger charge is -2.27. The van der Waals surface area contributed by atoms with Gasteiger partial charge in [-0.25, -0.2) is 0 Å². The van der Waals surface area contributed by atoms with E-state index in [0.29, 0.717) is 34.2 Å². The Balaban J connectivity index is 1.68. The lowest BCUT2D eigenvalue weighted by molar-refractivity contribution is 0.0654. The molecule has 6 nitrogen and oxygen atoms in total. The number of hydrogen-bond donors (Lipinski definition) is 0. The van der Waals surface area contributed by atoms with Gasteiger partial charge in [-0.15, -0.1) is 0 Å². The molecule has 3 aromatic carbocycles. The minimum absolute atomic E-state index is 0.00372. The zero-order valence-electron chi connectivity index (χ0n) is 17.8. The molecule has 0 N–H and O–H groups in total. The van der Waals surface area contributed by atoms with Crippen molar-refractivity contribution in [3.05, 3.63) is 93.5 Å². The zero-order valence-corrected chi connectivity index (χ0v) is 19.3. The first-order chi connectivity index (χ1) is 15.9. The second kappa shape index (κ2) is 9.65. The summed E-state index contributed by atoms with van der Waals surface area (Å²) >= 11 is 12.3. The Hall–Kier alpha value is -3.35. The number of ether oxygens (including phenoxy) is 1. The maximum Gasteiger partial charge on any atom is 0.261 e. The Morgan fingerprint density at radius 2 is 1.58 bits per heavy atom. The van der Waals surface area contributed by atoms with Crippen molar-refractivity contribution < 1.29 is 19.1 Å². The van der Waals surface area contributed by atoms with E-state index in [1.807, 2.05) is 6.92 Å². The number of carbonyl (C=O) groups excluding carboxylic acids is 3. The van der Waals surface area contributed by atoms with E-state index in [0.717, 1.165) is 4.90 Å². The van der Waals surface area contributed by atoms with Gasteiger partial charge in [0.1, 0.15) is 5.75 Å². The first kappa shape index (κ1) is 22.8. The Bertz CT molecular complexity index is 1210. The first-order valence-corrected chi connectivity index (χ1v) is 11.1. The van der Waals surface area contributed by atoms with Gasteiger partial charge in [-0.2, -0.15) is 0 Å². The van der Waals surface area contributed by atoms with Crippen LogP contribution in [0, 0.1) is 0 Å². The lowest BCUT2D eigenvalue weighted by Crippen LogP contribution is -2.41. The fourth-order valence-corrected chi connectivity index (χ4v) is 4.23. The molecule has 0 saturated heterocycles. The smallest absolute Gasteiger partial charge is 0.261 e. The summed E-state index contributed by atoms with van der Waals surface area (Å²) in [7, 11) is 0. The molecule has 4 rings (SSSR count). The number of hydrogen-bond acceptors (Lipinski definition) is 4. The molecule has 1 aliphatic heterocycles. The number of benzene rings is 3. The number of fused-ring (bicyclic) bond motifs is 1. The molecule has 0 aromatic heterocycles. The van der Waals surface area contributed by atoms with Crippen LogP contribution < -0.4 is 9.64 Å². The van der Waals surface area contributed by atoms with Crippen molar-refractivity contribution in [2.45, 2.75) is 6.92 Å². The van der Waals surface area contributed by atoms with Crippen molar-refractivity contribution in [1.29, 1.82) is 0 Å². The molecular weight excluding hydrogens is 463 g/mol. The molecule has 1 heterocycles. The van der Waals surface area contributed by atoms with Gasteiger partial charge in [0.25, 0.3) is 17.7 Å². The van der Waals surface area contributed by atoms with Gasteiger partial charge < -0.3 is 9.64 Å². The largest absolute Gasteiger partial charge is 0.492 e. The summed E-state index contributed by atoms with van der Waals surface area (Å²) in [5.74, 6) is -0.669. The highest BCUT2D eigenvalue weighted by Gasteiger charge is 2.35. The van der Waals surface area contributed by atoms with Crippen LogP contribution >= 0.6 is 23.2 Å². The Morgan fingerprint density at radius 3 is 2.21 bits per heavy atom. The standard InChI is InChI=1S/C25H20Cl2N2O4/c1-2-33-22-10-6-5-9-21(22)28(25(32)19-12-11-16(26)15-20(19)27)13-14-29-23(30)17-7-3-4-8-18(17)24(29)31/h3-12,15H,2,13-14H2,1H3. The van der Waals surface area contributed by atoms with Gasteiger partial charge in [0.2, 0.25) is 0 Å². The summed E-state index contributed by atoms with van der Waals surface area (Å²) in [6.45, 7) is 2.30. The predicted molar refractivity (Wildman–Crippen MR) is 128 cm³/mol. The molecule has 0 atom stereocenters. The minimum atomic E-state index is -0.402. The molecule has 1 aliphatic rings. The van der Waals surface area contributed by atoms with E-state index in [-0.39, 0.29) is 35.5 Å². The second-order valence-electron chi connectivity index (χ2n) is 7.29. The first-order valence-electron chi connectivity index (χ1n) is 10.4. The monoisotopic (exact) mass is 482 g/mol. The van der Waals surface area contributed by atoms with Crippen molar-refractivity contribution in [1.82, 2.24) is 4.90 Å². The Morgan fingerprint density at radius 1 is 0.939 bits per heavy atom. The van der Waals surface area contributed by atoms with E-state index < -0.39 is 5.91 Å². The summed E-state index contributed by atoms with van der Waals surface area (Å²) in [6.07, 6.45) is 0. The number of anilines is 1. The minimum Gasteiger partial charge on any atom is -0.492 e. The average Bonchev–Trinajstić information content (AvgIpc) is 3.05. The Kier molecular flexibility index (Phi) is 6.67. The molecule has 168 valence electrons. The number of halogens is 2. The van der Waals surface area contributed by atoms with Crippen molar-refractivity contribution in [3.8, 4) is 5.75 Å². The number of imide groups is 1. The van der Waals surface area contributed by atoms with Crippen LogP contribution in [0.15, 0.2) is 66.7 Å². The average molecular weight is 483 g/mol. The van der Waals surface area contributed by atoms with Crippen LogP contribution in [-0.4, -0.2) is 42.3 Å². The maximum atomic E-state index is 13.6. The van der Waals surface area contributed by atoms with Gasteiger partial charge in [0, 0.05) is 18.1 Å². The van der Waals surface area contributed by atoms with Crippen LogP contribution in [-0.2, 0) is 0 Å². The fourth-order valence-electron chi connectivity index (χ4n) is 3.74. The van der Waals surface area contributed by atoms with E-state index in [1.165, 1.54) is 11.0 Å². The SMILES string of the molecule is CCOc1ccccc1N(CCN1C(=O)c2ccccc2C1=O)C(=O)c1ccc(Cl)cc1Cl. The second-order valence-corrected chi connectivity index (χ2v) is 8.13. The predicted octanol–water partition coefficient (Wildman–Crippen LogP) is 5.34. The maximum absolute atomic E-state index is 13.6. The third kappa shape index (κ3) is 4.45. The van der Waals surface area contributed by atoms with Crippen molar-refractivity contribution in [2.75, 3.05) is 24.6 Å². The Labute approximate surface area is 201 Å². The lowest BCUT2D eigenvalue weighted by atomic mass is 10.1. The molecule has 3 aromatic rings. The molecule has 0 spiro atoms. The fraction of sp³-hybridized carbons (Fsp3) is 0.160. The quantitative estimate of drug-likeness (QED) is 0.426. The molecule has 0 unspecified atom stereocenters. The summed E-state index contributed by atoms with van der Waals surface area (Å²) in [5.41, 5.74) is 1.47. The normalized spacial score (nSPS) is 12.6. The van der Waals surface area contributed by atoms with Crippen molar-refractivity contribution in [3.63, 3.8) is 0 Å². The van der Waals surface area contributed by atoms with Gasteiger partial charge in [-0.3, -0.25) is 19.3 Å². The van der Waals surface area contributed by atoms with E-state index in [2.05, 4.69) is 0 Å². The highest BCUT2D eigenvalue weighted by atomic mass is 35.5. The summed E-state index contributed by atoms with van der Waals surface area (Å²) in [4.78, 5) is 41.8. The third-order valence-electron chi connectivity index (χ3n) is 5.29. The van der Waals surface area contributed by atoms with E-state index in [9.17, 15) is 14.4 Å².